The Morgan fingerprint density at radius 2 is 1.63 bits per heavy atom. The molecule has 0 bridgehead atoms. The number of rotatable bonds is 5. The molecule has 4 heteroatoms. The van der Waals surface area contributed by atoms with E-state index in [0.717, 1.165) is 17.1 Å². The fraction of sp³-hybridized carbons (Fsp3) is 0.200. The van der Waals surface area contributed by atoms with Crippen LogP contribution in [0.2, 0.25) is 0 Å². The topological polar surface area (TPSA) is 18.5 Å². The van der Waals surface area contributed by atoms with Gasteiger partial charge in [0.25, 0.3) is 0 Å². The Morgan fingerprint density at radius 3 is 2.21 bits per heavy atom. The minimum absolute atomic E-state index is 0.267. The van der Waals surface area contributed by atoms with Crippen LogP contribution in [-0.2, 0) is 6.61 Å². The number of hydrogen-bond acceptors (Lipinski definition) is 2. The zero-order valence-electron chi connectivity index (χ0n) is 10.5. The molecular formula is C15H14BrFO2. The SMILES string of the molecule is CCOc1ccc(OCc2ccc(F)cc2Br)cc1. The first-order valence-corrected chi connectivity index (χ1v) is 6.78. The Hall–Kier alpha value is -1.55. The third-order valence-corrected chi connectivity index (χ3v) is 3.28. The Morgan fingerprint density at radius 1 is 1.00 bits per heavy atom. The molecule has 0 spiro atoms. The molecule has 0 N–H and O–H groups in total. The van der Waals surface area contributed by atoms with Crippen LogP contribution >= 0.6 is 15.9 Å². The van der Waals surface area contributed by atoms with Crippen LogP contribution in [-0.4, -0.2) is 6.61 Å². The Kier molecular flexibility index (Phi) is 4.80. The first kappa shape index (κ1) is 13.9. The maximum absolute atomic E-state index is 12.9. The molecule has 0 aromatic heterocycles. The van der Waals surface area contributed by atoms with E-state index in [1.165, 1.54) is 12.1 Å². The van der Waals surface area contributed by atoms with Crippen LogP contribution in [0.4, 0.5) is 4.39 Å². The van der Waals surface area contributed by atoms with Crippen molar-refractivity contribution in [3.8, 4) is 11.5 Å². The van der Waals surface area contributed by atoms with Crippen LogP contribution in [0.15, 0.2) is 46.9 Å². The van der Waals surface area contributed by atoms with E-state index in [-0.39, 0.29) is 5.82 Å². The molecule has 2 rings (SSSR count). The first-order chi connectivity index (χ1) is 9.19. The Balaban J connectivity index is 1.98. The lowest BCUT2D eigenvalue weighted by Crippen LogP contribution is -1.97. The van der Waals surface area contributed by atoms with E-state index in [2.05, 4.69) is 15.9 Å². The molecule has 100 valence electrons. The second-order valence-corrected chi connectivity index (χ2v) is 4.78. The van der Waals surface area contributed by atoms with Crippen molar-refractivity contribution < 1.29 is 13.9 Å². The van der Waals surface area contributed by atoms with E-state index in [9.17, 15) is 4.39 Å². The third kappa shape index (κ3) is 3.96. The van der Waals surface area contributed by atoms with Crippen LogP contribution in [0, 0.1) is 5.82 Å². The van der Waals surface area contributed by atoms with Gasteiger partial charge in [-0.1, -0.05) is 22.0 Å². The van der Waals surface area contributed by atoms with Gasteiger partial charge in [0, 0.05) is 10.0 Å². The average molecular weight is 325 g/mol. The molecule has 2 aromatic carbocycles. The summed E-state index contributed by atoms with van der Waals surface area (Å²) in [5, 5.41) is 0. The summed E-state index contributed by atoms with van der Waals surface area (Å²) in [6.45, 7) is 2.97. The second kappa shape index (κ2) is 6.57. The van der Waals surface area contributed by atoms with Gasteiger partial charge in [-0.15, -0.1) is 0 Å². The lowest BCUT2D eigenvalue weighted by Gasteiger charge is -2.09. The largest absolute Gasteiger partial charge is 0.494 e. The summed E-state index contributed by atoms with van der Waals surface area (Å²) in [4.78, 5) is 0. The molecule has 19 heavy (non-hydrogen) atoms. The number of ether oxygens (including phenoxy) is 2. The Bertz CT molecular complexity index is 540. The molecule has 0 saturated heterocycles. The van der Waals surface area contributed by atoms with Crippen LogP contribution < -0.4 is 9.47 Å². The van der Waals surface area contributed by atoms with Crippen molar-refractivity contribution in [3.63, 3.8) is 0 Å². The van der Waals surface area contributed by atoms with E-state index in [1.54, 1.807) is 6.07 Å². The fourth-order valence-electron chi connectivity index (χ4n) is 1.60. The highest BCUT2D eigenvalue weighted by atomic mass is 79.9. The minimum atomic E-state index is -0.267. The molecule has 2 nitrogen and oxygen atoms in total. The smallest absolute Gasteiger partial charge is 0.124 e. The summed E-state index contributed by atoms with van der Waals surface area (Å²) in [7, 11) is 0. The van der Waals surface area contributed by atoms with Gasteiger partial charge in [0.15, 0.2) is 0 Å². The zero-order valence-corrected chi connectivity index (χ0v) is 12.1. The van der Waals surface area contributed by atoms with Gasteiger partial charge in [-0.25, -0.2) is 4.39 Å². The maximum atomic E-state index is 12.9. The Labute approximate surface area is 120 Å². The van der Waals surface area contributed by atoms with Gasteiger partial charge in [-0.2, -0.15) is 0 Å². The van der Waals surface area contributed by atoms with Crippen molar-refractivity contribution in [2.45, 2.75) is 13.5 Å². The summed E-state index contributed by atoms with van der Waals surface area (Å²) in [6, 6.07) is 12.0. The summed E-state index contributed by atoms with van der Waals surface area (Å²) < 4.78 is 24.6. The van der Waals surface area contributed by atoms with Crippen molar-refractivity contribution in [3.05, 3.63) is 58.3 Å². The third-order valence-electron chi connectivity index (χ3n) is 2.54. The molecule has 0 saturated carbocycles. The standard InChI is InChI=1S/C15H14BrFO2/c1-2-18-13-5-7-14(8-6-13)19-10-11-3-4-12(17)9-15(11)16/h3-9H,2,10H2,1H3. The minimum Gasteiger partial charge on any atom is -0.494 e. The van der Waals surface area contributed by atoms with Gasteiger partial charge >= 0.3 is 0 Å². The van der Waals surface area contributed by atoms with Crippen LogP contribution in [0.3, 0.4) is 0 Å². The summed E-state index contributed by atoms with van der Waals surface area (Å²) in [5.74, 6) is 1.30. The molecule has 0 aliphatic rings. The zero-order chi connectivity index (χ0) is 13.7. The molecular weight excluding hydrogens is 311 g/mol. The van der Waals surface area contributed by atoms with Crippen molar-refractivity contribution in [2.75, 3.05) is 6.61 Å². The average Bonchev–Trinajstić information content (AvgIpc) is 2.40. The van der Waals surface area contributed by atoms with E-state index in [4.69, 9.17) is 9.47 Å². The highest BCUT2D eigenvalue weighted by Crippen LogP contribution is 2.22. The van der Waals surface area contributed by atoms with Crippen molar-refractivity contribution in [1.29, 1.82) is 0 Å². The number of hydrogen-bond donors (Lipinski definition) is 0. The maximum Gasteiger partial charge on any atom is 0.124 e. The van der Waals surface area contributed by atoms with Crippen LogP contribution in [0.5, 0.6) is 11.5 Å². The predicted octanol–water partition coefficient (Wildman–Crippen LogP) is 4.57. The van der Waals surface area contributed by atoms with E-state index >= 15 is 0 Å². The lowest BCUT2D eigenvalue weighted by molar-refractivity contribution is 0.303. The van der Waals surface area contributed by atoms with E-state index in [1.807, 2.05) is 31.2 Å². The number of halogens is 2. The molecule has 0 atom stereocenters. The lowest BCUT2D eigenvalue weighted by atomic mass is 10.2. The highest BCUT2D eigenvalue weighted by molar-refractivity contribution is 9.10. The van der Waals surface area contributed by atoms with Gasteiger partial charge in [0.05, 0.1) is 6.61 Å². The van der Waals surface area contributed by atoms with E-state index in [0.29, 0.717) is 17.7 Å². The van der Waals surface area contributed by atoms with Gasteiger partial charge in [-0.3, -0.25) is 0 Å². The van der Waals surface area contributed by atoms with Crippen molar-refractivity contribution >= 4 is 15.9 Å². The summed E-state index contributed by atoms with van der Waals surface area (Å²) >= 11 is 3.31. The van der Waals surface area contributed by atoms with Crippen molar-refractivity contribution in [1.82, 2.24) is 0 Å². The predicted molar refractivity (Wildman–Crippen MR) is 76.0 cm³/mol. The number of benzene rings is 2. The van der Waals surface area contributed by atoms with Gasteiger partial charge in [0.1, 0.15) is 23.9 Å². The molecule has 0 heterocycles. The monoisotopic (exact) mass is 324 g/mol. The quantitative estimate of drug-likeness (QED) is 0.802. The second-order valence-electron chi connectivity index (χ2n) is 3.93. The van der Waals surface area contributed by atoms with Gasteiger partial charge in [0.2, 0.25) is 0 Å². The molecule has 0 radical (unpaired) electrons. The molecule has 0 aliphatic carbocycles. The first-order valence-electron chi connectivity index (χ1n) is 5.98. The molecule has 0 fully saturated rings. The van der Waals surface area contributed by atoms with E-state index < -0.39 is 0 Å². The molecule has 0 amide bonds. The fourth-order valence-corrected chi connectivity index (χ4v) is 2.06. The molecule has 0 unspecified atom stereocenters. The van der Waals surface area contributed by atoms with Gasteiger partial charge in [-0.05, 0) is 43.3 Å². The normalized spacial score (nSPS) is 10.3. The summed E-state index contributed by atoms with van der Waals surface area (Å²) in [5.41, 5.74) is 0.898. The van der Waals surface area contributed by atoms with Gasteiger partial charge < -0.3 is 9.47 Å². The van der Waals surface area contributed by atoms with Crippen molar-refractivity contribution in [2.24, 2.45) is 0 Å². The molecule has 0 aliphatic heterocycles. The molecule has 2 aromatic rings. The van der Waals surface area contributed by atoms with Crippen LogP contribution in [0.25, 0.3) is 0 Å². The summed E-state index contributed by atoms with van der Waals surface area (Å²) in [6.07, 6.45) is 0. The highest BCUT2D eigenvalue weighted by Gasteiger charge is 2.03. The van der Waals surface area contributed by atoms with Crippen LogP contribution in [0.1, 0.15) is 12.5 Å².